The molecule has 1 aromatic heterocycles. The van der Waals surface area contributed by atoms with Gasteiger partial charge in [-0.2, -0.15) is 0 Å². The standard InChI is InChI=1S/C12H17ClO7S/c1-9-11(21(13,15)16)8-10(20-9)12(14)19-7-6-18-5-3-4-17-2/h8H,3-7H2,1-2H3. The van der Waals surface area contributed by atoms with Crippen LogP contribution in [0.5, 0.6) is 0 Å². The van der Waals surface area contributed by atoms with Crippen LogP contribution in [0.25, 0.3) is 0 Å². The molecule has 9 heteroatoms. The number of furan rings is 1. The average molecular weight is 341 g/mol. The van der Waals surface area contributed by atoms with E-state index in [-0.39, 0.29) is 29.6 Å². The molecular formula is C12H17ClO7S. The SMILES string of the molecule is COCCCOCCOC(=O)c1cc(S(=O)(=O)Cl)c(C)o1. The van der Waals surface area contributed by atoms with E-state index in [1.807, 2.05) is 0 Å². The zero-order valence-corrected chi connectivity index (χ0v) is 13.3. The first kappa shape index (κ1) is 18.0. The van der Waals surface area contributed by atoms with Gasteiger partial charge in [-0.1, -0.05) is 0 Å². The van der Waals surface area contributed by atoms with E-state index in [0.717, 1.165) is 12.5 Å². The summed E-state index contributed by atoms with van der Waals surface area (Å²) in [6, 6.07) is 1.04. The molecule has 7 nitrogen and oxygen atoms in total. The Morgan fingerprint density at radius 2 is 2.00 bits per heavy atom. The zero-order chi connectivity index (χ0) is 15.9. The maximum absolute atomic E-state index is 11.6. The fourth-order valence-electron chi connectivity index (χ4n) is 1.48. The highest BCUT2D eigenvalue weighted by Gasteiger charge is 2.22. The van der Waals surface area contributed by atoms with Gasteiger partial charge in [0.05, 0.1) is 6.61 Å². The molecule has 0 spiro atoms. The van der Waals surface area contributed by atoms with Crippen molar-refractivity contribution in [2.45, 2.75) is 18.2 Å². The van der Waals surface area contributed by atoms with Crippen LogP contribution in [0.4, 0.5) is 0 Å². The molecule has 0 aliphatic carbocycles. The van der Waals surface area contributed by atoms with Crippen molar-refractivity contribution in [3.05, 3.63) is 17.6 Å². The largest absolute Gasteiger partial charge is 0.457 e. The van der Waals surface area contributed by atoms with Gasteiger partial charge in [-0.25, -0.2) is 13.2 Å². The molecule has 1 rings (SSSR count). The molecule has 0 saturated carbocycles. The first-order valence-corrected chi connectivity index (χ1v) is 8.46. The molecule has 0 N–H and O–H groups in total. The Hall–Kier alpha value is -1.09. The van der Waals surface area contributed by atoms with Crippen LogP contribution in [0.3, 0.4) is 0 Å². The van der Waals surface area contributed by atoms with Crippen LogP contribution in [0.15, 0.2) is 15.4 Å². The fraction of sp³-hybridized carbons (Fsp3) is 0.583. The van der Waals surface area contributed by atoms with Crippen molar-refractivity contribution in [2.24, 2.45) is 0 Å². The summed E-state index contributed by atoms with van der Waals surface area (Å²) in [7, 11) is 2.85. The van der Waals surface area contributed by atoms with Gasteiger partial charge in [-0.05, 0) is 13.3 Å². The van der Waals surface area contributed by atoms with Crippen molar-refractivity contribution in [1.29, 1.82) is 0 Å². The van der Waals surface area contributed by atoms with Gasteiger partial charge < -0.3 is 18.6 Å². The van der Waals surface area contributed by atoms with Gasteiger partial charge in [-0.15, -0.1) is 0 Å². The fourth-order valence-corrected chi connectivity index (χ4v) is 2.57. The van der Waals surface area contributed by atoms with Gasteiger partial charge in [-0.3, -0.25) is 0 Å². The predicted octanol–water partition coefficient (Wildman–Crippen LogP) is 1.73. The van der Waals surface area contributed by atoms with E-state index >= 15 is 0 Å². The van der Waals surface area contributed by atoms with Crippen LogP contribution in [0.2, 0.25) is 0 Å². The molecule has 0 bridgehead atoms. The van der Waals surface area contributed by atoms with E-state index in [0.29, 0.717) is 13.2 Å². The summed E-state index contributed by atoms with van der Waals surface area (Å²) in [4.78, 5) is 11.4. The quantitative estimate of drug-likeness (QED) is 0.384. The third-order valence-electron chi connectivity index (χ3n) is 2.43. The lowest BCUT2D eigenvalue weighted by molar-refractivity contribution is 0.0259. The summed E-state index contributed by atoms with van der Waals surface area (Å²) in [5, 5.41) is 0. The van der Waals surface area contributed by atoms with Crippen LogP contribution < -0.4 is 0 Å². The Morgan fingerprint density at radius 1 is 1.29 bits per heavy atom. The summed E-state index contributed by atoms with van der Waals surface area (Å²) < 4.78 is 42.4. The highest BCUT2D eigenvalue weighted by atomic mass is 35.7. The van der Waals surface area contributed by atoms with E-state index in [1.54, 1.807) is 7.11 Å². The van der Waals surface area contributed by atoms with Gasteiger partial charge in [0.2, 0.25) is 5.76 Å². The molecule has 0 aliphatic rings. The molecule has 0 aliphatic heterocycles. The Bertz CT molecular complexity index is 564. The molecule has 0 fully saturated rings. The predicted molar refractivity (Wildman–Crippen MR) is 74.1 cm³/mol. The van der Waals surface area contributed by atoms with Crippen LogP contribution >= 0.6 is 10.7 Å². The summed E-state index contributed by atoms with van der Waals surface area (Å²) in [6.07, 6.45) is 0.749. The molecule has 0 unspecified atom stereocenters. The smallest absolute Gasteiger partial charge is 0.374 e. The maximum atomic E-state index is 11.6. The summed E-state index contributed by atoms with van der Waals surface area (Å²) in [6.45, 7) is 2.76. The Kier molecular flexibility index (Phi) is 7.16. The van der Waals surface area contributed by atoms with E-state index in [1.165, 1.54) is 6.92 Å². The summed E-state index contributed by atoms with van der Waals surface area (Å²) in [5.74, 6) is -0.955. The first-order valence-electron chi connectivity index (χ1n) is 6.15. The number of methoxy groups -OCH3 is 1. The number of hydrogen-bond acceptors (Lipinski definition) is 7. The summed E-state index contributed by atoms with van der Waals surface area (Å²) in [5.41, 5.74) is 0. The number of aryl methyl sites for hydroxylation is 1. The number of ether oxygens (including phenoxy) is 3. The molecule has 0 saturated heterocycles. The number of halogens is 1. The van der Waals surface area contributed by atoms with Gasteiger partial charge in [0.25, 0.3) is 9.05 Å². The Balaban J connectivity index is 2.40. The minimum Gasteiger partial charge on any atom is -0.457 e. The topological polar surface area (TPSA) is 92.0 Å². The molecule has 120 valence electrons. The highest BCUT2D eigenvalue weighted by Crippen LogP contribution is 2.23. The number of hydrogen-bond donors (Lipinski definition) is 0. The third-order valence-corrected chi connectivity index (χ3v) is 3.86. The van der Waals surface area contributed by atoms with Crippen LogP contribution in [-0.4, -0.2) is 47.9 Å². The molecular weight excluding hydrogens is 324 g/mol. The highest BCUT2D eigenvalue weighted by molar-refractivity contribution is 8.13. The molecule has 1 aromatic rings. The number of esters is 1. The minimum atomic E-state index is -3.95. The summed E-state index contributed by atoms with van der Waals surface area (Å²) >= 11 is 0. The van der Waals surface area contributed by atoms with E-state index < -0.39 is 15.0 Å². The van der Waals surface area contributed by atoms with Crippen molar-refractivity contribution < 1.29 is 31.8 Å². The lowest BCUT2D eigenvalue weighted by atomic mass is 10.4. The number of carbonyl (C=O) groups excluding carboxylic acids is 1. The van der Waals surface area contributed by atoms with Crippen molar-refractivity contribution in [3.8, 4) is 0 Å². The first-order chi connectivity index (χ1) is 9.86. The monoisotopic (exact) mass is 340 g/mol. The zero-order valence-electron chi connectivity index (χ0n) is 11.8. The molecule has 0 aromatic carbocycles. The average Bonchev–Trinajstić information content (AvgIpc) is 2.79. The van der Waals surface area contributed by atoms with Crippen molar-refractivity contribution >= 4 is 25.7 Å². The molecule has 0 atom stereocenters. The minimum absolute atomic E-state index is 0.0350. The Labute approximate surface area is 127 Å². The van der Waals surface area contributed by atoms with E-state index in [9.17, 15) is 13.2 Å². The second-order valence-corrected chi connectivity index (χ2v) is 6.60. The number of rotatable bonds is 9. The van der Waals surface area contributed by atoms with E-state index in [4.69, 9.17) is 29.3 Å². The second kappa shape index (κ2) is 8.38. The molecule has 0 amide bonds. The maximum Gasteiger partial charge on any atom is 0.374 e. The van der Waals surface area contributed by atoms with Crippen LogP contribution in [-0.2, 0) is 23.3 Å². The van der Waals surface area contributed by atoms with Gasteiger partial charge in [0, 0.05) is 37.1 Å². The van der Waals surface area contributed by atoms with Crippen LogP contribution in [0, 0.1) is 6.92 Å². The van der Waals surface area contributed by atoms with Crippen molar-refractivity contribution in [1.82, 2.24) is 0 Å². The van der Waals surface area contributed by atoms with Crippen molar-refractivity contribution in [2.75, 3.05) is 33.5 Å². The second-order valence-electron chi connectivity index (χ2n) is 4.06. The van der Waals surface area contributed by atoms with Gasteiger partial charge >= 0.3 is 5.97 Å². The molecule has 1 heterocycles. The van der Waals surface area contributed by atoms with E-state index in [2.05, 4.69) is 0 Å². The molecule has 21 heavy (non-hydrogen) atoms. The lowest BCUT2D eigenvalue weighted by Crippen LogP contribution is -2.11. The Morgan fingerprint density at radius 3 is 2.57 bits per heavy atom. The molecule has 0 radical (unpaired) electrons. The van der Waals surface area contributed by atoms with Crippen LogP contribution in [0.1, 0.15) is 22.7 Å². The van der Waals surface area contributed by atoms with Gasteiger partial charge in [0.1, 0.15) is 17.3 Å². The van der Waals surface area contributed by atoms with Crippen molar-refractivity contribution in [3.63, 3.8) is 0 Å². The number of carbonyl (C=O) groups is 1. The lowest BCUT2D eigenvalue weighted by Gasteiger charge is -2.04. The third kappa shape index (κ3) is 6.04. The van der Waals surface area contributed by atoms with Gasteiger partial charge in [0.15, 0.2) is 0 Å². The normalized spacial score (nSPS) is 11.6.